The van der Waals surface area contributed by atoms with Crippen LogP contribution in [0, 0.1) is 6.92 Å². The van der Waals surface area contributed by atoms with Gasteiger partial charge in [-0.05, 0) is 37.5 Å². The van der Waals surface area contributed by atoms with Crippen molar-refractivity contribution in [3.63, 3.8) is 0 Å². The fourth-order valence-electron chi connectivity index (χ4n) is 2.71. The molecule has 26 heavy (non-hydrogen) atoms. The van der Waals surface area contributed by atoms with Gasteiger partial charge in [0.1, 0.15) is 18.0 Å². The van der Waals surface area contributed by atoms with E-state index in [1.165, 1.54) is 6.33 Å². The van der Waals surface area contributed by atoms with E-state index in [-0.39, 0.29) is 0 Å². The SMILES string of the molecule is Cc1ccc(C(N)=O)cc1N(c1cc(NC2CC2)ncn1)c1ncc[nH]1. The van der Waals surface area contributed by atoms with E-state index in [1.807, 2.05) is 24.0 Å². The zero-order valence-electron chi connectivity index (χ0n) is 14.3. The maximum Gasteiger partial charge on any atom is 0.248 e. The van der Waals surface area contributed by atoms with E-state index in [9.17, 15) is 4.79 Å². The lowest BCUT2D eigenvalue weighted by atomic mass is 10.1. The van der Waals surface area contributed by atoms with Crippen molar-refractivity contribution in [2.24, 2.45) is 5.73 Å². The summed E-state index contributed by atoms with van der Waals surface area (Å²) in [6, 6.07) is 7.67. The van der Waals surface area contributed by atoms with Crippen LogP contribution in [0.3, 0.4) is 0 Å². The van der Waals surface area contributed by atoms with Gasteiger partial charge < -0.3 is 16.0 Å². The molecule has 1 fully saturated rings. The van der Waals surface area contributed by atoms with E-state index in [4.69, 9.17) is 5.73 Å². The fourth-order valence-corrected chi connectivity index (χ4v) is 2.71. The van der Waals surface area contributed by atoms with Gasteiger partial charge in [-0.1, -0.05) is 6.07 Å². The molecule has 8 nitrogen and oxygen atoms in total. The number of aromatic nitrogens is 4. The average Bonchev–Trinajstić information content (AvgIpc) is 3.28. The van der Waals surface area contributed by atoms with E-state index in [2.05, 4.69) is 25.3 Å². The molecule has 2 aromatic heterocycles. The number of aryl methyl sites for hydroxylation is 1. The Labute approximate surface area is 150 Å². The van der Waals surface area contributed by atoms with Gasteiger partial charge in [-0.15, -0.1) is 0 Å². The standard InChI is InChI=1S/C18H19N7O/c1-11-2-3-12(17(19)26)8-14(11)25(18-20-6-7-21-18)16-9-15(22-10-23-16)24-13-4-5-13/h2-3,6-10,13H,4-5H2,1H3,(H2,19,26)(H,20,21)(H,22,23,24). The number of imidazole rings is 1. The van der Waals surface area contributed by atoms with E-state index in [0.717, 1.165) is 29.9 Å². The first-order valence-electron chi connectivity index (χ1n) is 8.40. The van der Waals surface area contributed by atoms with Crippen molar-refractivity contribution < 1.29 is 4.79 Å². The minimum absolute atomic E-state index is 0.424. The molecule has 2 heterocycles. The Kier molecular flexibility index (Phi) is 4.00. The molecule has 0 unspecified atom stereocenters. The Morgan fingerprint density at radius 2 is 2.12 bits per heavy atom. The summed E-state index contributed by atoms with van der Waals surface area (Å²) in [4.78, 5) is 29.7. The molecule has 1 aliphatic rings. The number of H-pyrrole nitrogens is 1. The summed E-state index contributed by atoms with van der Waals surface area (Å²) < 4.78 is 0. The number of aromatic amines is 1. The Morgan fingerprint density at radius 3 is 2.81 bits per heavy atom. The number of rotatable bonds is 6. The van der Waals surface area contributed by atoms with Crippen molar-refractivity contribution in [3.8, 4) is 0 Å². The Hall–Kier alpha value is -3.42. The van der Waals surface area contributed by atoms with Gasteiger partial charge in [0.15, 0.2) is 0 Å². The van der Waals surface area contributed by atoms with Crippen LogP contribution >= 0.6 is 0 Å². The summed E-state index contributed by atoms with van der Waals surface area (Å²) in [6.07, 6.45) is 7.23. The number of nitrogens with one attached hydrogen (secondary N) is 2. The lowest BCUT2D eigenvalue weighted by Gasteiger charge is -2.23. The molecule has 4 rings (SSSR count). The van der Waals surface area contributed by atoms with Crippen LogP contribution in [-0.4, -0.2) is 31.9 Å². The molecule has 0 bridgehead atoms. The molecule has 0 spiro atoms. The quantitative estimate of drug-likeness (QED) is 0.630. The lowest BCUT2D eigenvalue weighted by molar-refractivity contribution is 0.100. The van der Waals surface area contributed by atoms with Crippen molar-refractivity contribution in [1.29, 1.82) is 0 Å². The summed E-state index contributed by atoms with van der Waals surface area (Å²) in [6.45, 7) is 1.96. The van der Waals surface area contributed by atoms with Crippen LogP contribution in [0.15, 0.2) is 43.0 Å². The summed E-state index contributed by atoms with van der Waals surface area (Å²) >= 11 is 0. The predicted molar refractivity (Wildman–Crippen MR) is 98.8 cm³/mol. The topological polar surface area (TPSA) is 113 Å². The average molecular weight is 349 g/mol. The third-order valence-electron chi connectivity index (χ3n) is 4.24. The first kappa shape index (κ1) is 16.1. The second-order valence-electron chi connectivity index (χ2n) is 6.29. The number of hydrogen-bond acceptors (Lipinski definition) is 6. The monoisotopic (exact) mass is 349 g/mol. The maximum absolute atomic E-state index is 11.6. The Morgan fingerprint density at radius 1 is 1.27 bits per heavy atom. The highest BCUT2D eigenvalue weighted by molar-refractivity contribution is 5.94. The predicted octanol–water partition coefficient (Wildman–Crippen LogP) is 2.65. The first-order valence-corrected chi connectivity index (χ1v) is 8.40. The van der Waals surface area contributed by atoms with Crippen LogP contribution in [0.1, 0.15) is 28.8 Å². The fraction of sp³-hybridized carbons (Fsp3) is 0.222. The Bertz CT molecular complexity index is 934. The van der Waals surface area contributed by atoms with Crippen LogP contribution in [-0.2, 0) is 0 Å². The molecule has 8 heteroatoms. The van der Waals surface area contributed by atoms with Gasteiger partial charge in [-0.3, -0.25) is 9.69 Å². The number of carbonyl (C=O) groups is 1. The van der Waals surface area contributed by atoms with Gasteiger partial charge in [-0.2, -0.15) is 0 Å². The van der Waals surface area contributed by atoms with Crippen LogP contribution in [0.2, 0.25) is 0 Å². The molecule has 0 atom stereocenters. The van der Waals surface area contributed by atoms with Gasteiger partial charge >= 0.3 is 0 Å². The number of benzene rings is 1. The van der Waals surface area contributed by atoms with Crippen LogP contribution < -0.4 is 16.0 Å². The summed E-state index contributed by atoms with van der Waals surface area (Å²) in [7, 11) is 0. The molecule has 1 amide bonds. The molecule has 132 valence electrons. The second-order valence-corrected chi connectivity index (χ2v) is 6.29. The van der Waals surface area contributed by atoms with E-state index >= 15 is 0 Å². The largest absolute Gasteiger partial charge is 0.367 e. The zero-order chi connectivity index (χ0) is 18.1. The molecule has 3 aromatic rings. The van der Waals surface area contributed by atoms with Gasteiger partial charge in [0.25, 0.3) is 0 Å². The smallest absolute Gasteiger partial charge is 0.248 e. The van der Waals surface area contributed by atoms with Crippen molar-refractivity contribution >= 4 is 29.2 Å². The third kappa shape index (κ3) is 3.21. The molecule has 4 N–H and O–H groups in total. The minimum atomic E-state index is -0.482. The van der Waals surface area contributed by atoms with Gasteiger partial charge in [0.2, 0.25) is 11.9 Å². The normalized spacial score (nSPS) is 13.4. The van der Waals surface area contributed by atoms with E-state index < -0.39 is 5.91 Å². The number of anilines is 4. The molecular formula is C18H19N7O. The zero-order valence-corrected chi connectivity index (χ0v) is 14.3. The maximum atomic E-state index is 11.6. The van der Waals surface area contributed by atoms with Crippen LogP contribution in [0.4, 0.5) is 23.3 Å². The highest BCUT2D eigenvalue weighted by Crippen LogP contribution is 2.35. The molecule has 0 radical (unpaired) electrons. The Balaban J connectivity index is 1.81. The number of carbonyl (C=O) groups excluding carboxylic acids is 1. The molecular weight excluding hydrogens is 330 g/mol. The number of amides is 1. The van der Waals surface area contributed by atoms with E-state index in [1.54, 1.807) is 24.5 Å². The van der Waals surface area contributed by atoms with Crippen LogP contribution in [0.25, 0.3) is 0 Å². The molecule has 0 aliphatic heterocycles. The summed E-state index contributed by atoms with van der Waals surface area (Å²) in [5.41, 5.74) is 7.61. The van der Waals surface area contributed by atoms with Crippen LogP contribution in [0.5, 0.6) is 0 Å². The number of nitrogens with zero attached hydrogens (tertiary/aromatic N) is 4. The van der Waals surface area contributed by atoms with Crippen molar-refractivity contribution in [2.75, 3.05) is 10.2 Å². The molecule has 0 saturated heterocycles. The van der Waals surface area contributed by atoms with E-state index in [0.29, 0.717) is 23.4 Å². The number of primary amides is 1. The van der Waals surface area contributed by atoms with Crippen molar-refractivity contribution in [2.45, 2.75) is 25.8 Å². The number of hydrogen-bond donors (Lipinski definition) is 3. The first-order chi connectivity index (χ1) is 12.6. The highest BCUT2D eigenvalue weighted by Gasteiger charge is 2.23. The lowest BCUT2D eigenvalue weighted by Crippen LogP contribution is -2.17. The molecule has 1 aromatic carbocycles. The minimum Gasteiger partial charge on any atom is -0.367 e. The van der Waals surface area contributed by atoms with Crippen molar-refractivity contribution in [1.82, 2.24) is 19.9 Å². The summed E-state index contributed by atoms with van der Waals surface area (Å²) in [5.74, 6) is 1.51. The van der Waals surface area contributed by atoms with Gasteiger partial charge in [0, 0.05) is 30.1 Å². The second kappa shape index (κ2) is 6.47. The molecule has 1 aliphatic carbocycles. The molecule has 1 saturated carbocycles. The summed E-state index contributed by atoms with van der Waals surface area (Å²) in [5, 5.41) is 3.37. The third-order valence-corrected chi connectivity index (χ3v) is 4.24. The van der Waals surface area contributed by atoms with Gasteiger partial charge in [-0.25, -0.2) is 15.0 Å². The van der Waals surface area contributed by atoms with Gasteiger partial charge in [0.05, 0.1) is 5.69 Å². The number of nitrogens with two attached hydrogens (primary N) is 1. The van der Waals surface area contributed by atoms with Crippen molar-refractivity contribution in [3.05, 3.63) is 54.1 Å². The highest BCUT2D eigenvalue weighted by atomic mass is 16.1.